The number of amides is 1. The molecule has 1 aliphatic rings. The molecule has 2 N–H and O–H groups in total. The Morgan fingerprint density at radius 2 is 2.24 bits per heavy atom. The molecule has 0 bridgehead atoms. The molecule has 4 nitrogen and oxygen atoms in total. The van der Waals surface area contributed by atoms with Crippen LogP contribution in [0, 0.1) is 0 Å². The third-order valence-electron chi connectivity index (χ3n) is 2.67. The van der Waals surface area contributed by atoms with Crippen LogP contribution in [0.25, 0.3) is 0 Å². The van der Waals surface area contributed by atoms with Crippen LogP contribution in [-0.2, 0) is 4.74 Å². The summed E-state index contributed by atoms with van der Waals surface area (Å²) in [6.07, 6.45) is 1.78. The van der Waals surface area contributed by atoms with E-state index in [1.165, 1.54) is 0 Å². The SMILES string of the molecule is O=C(Nc1ccc(Cl)cc1)OCC1CCCN1. The van der Waals surface area contributed by atoms with Crippen LogP contribution in [0.2, 0.25) is 5.02 Å². The van der Waals surface area contributed by atoms with Crippen LogP contribution in [0.4, 0.5) is 10.5 Å². The third-order valence-corrected chi connectivity index (χ3v) is 2.92. The van der Waals surface area contributed by atoms with Gasteiger partial charge in [-0.05, 0) is 43.7 Å². The van der Waals surface area contributed by atoms with Gasteiger partial charge in [0.2, 0.25) is 0 Å². The third kappa shape index (κ3) is 3.91. The van der Waals surface area contributed by atoms with E-state index < -0.39 is 6.09 Å². The van der Waals surface area contributed by atoms with Gasteiger partial charge in [-0.2, -0.15) is 0 Å². The van der Waals surface area contributed by atoms with Crippen LogP contribution in [-0.4, -0.2) is 25.3 Å². The Morgan fingerprint density at radius 1 is 1.47 bits per heavy atom. The van der Waals surface area contributed by atoms with Gasteiger partial charge in [0.15, 0.2) is 0 Å². The largest absolute Gasteiger partial charge is 0.448 e. The van der Waals surface area contributed by atoms with E-state index in [2.05, 4.69) is 10.6 Å². The number of ether oxygens (including phenoxy) is 1. The molecule has 17 heavy (non-hydrogen) atoms. The number of halogens is 1. The molecule has 2 rings (SSSR count). The number of rotatable bonds is 3. The predicted molar refractivity (Wildman–Crippen MR) is 67.4 cm³/mol. The van der Waals surface area contributed by atoms with Crippen LogP contribution in [0.15, 0.2) is 24.3 Å². The van der Waals surface area contributed by atoms with E-state index in [4.69, 9.17) is 16.3 Å². The lowest BCUT2D eigenvalue weighted by Gasteiger charge is -2.11. The van der Waals surface area contributed by atoms with Crippen molar-refractivity contribution in [3.05, 3.63) is 29.3 Å². The fraction of sp³-hybridized carbons (Fsp3) is 0.417. The summed E-state index contributed by atoms with van der Waals surface area (Å²) >= 11 is 5.74. The highest BCUT2D eigenvalue weighted by molar-refractivity contribution is 6.30. The zero-order valence-corrected chi connectivity index (χ0v) is 10.2. The fourth-order valence-electron chi connectivity index (χ4n) is 1.76. The molecule has 1 unspecified atom stereocenters. The minimum absolute atomic E-state index is 0.297. The van der Waals surface area contributed by atoms with Crippen molar-refractivity contribution in [3.63, 3.8) is 0 Å². The van der Waals surface area contributed by atoms with Crippen molar-refractivity contribution in [2.75, 3.05) is 18.5 Å². The molecule has 1 saturated heterocycles. The maximum absolute atomic E-state index is 11.5. The summed E-state index contributed by atoms with van der Waals surface area (Å²) in [5.74, 6) is 0. The van der Waals surface area contributed by atoms with Gasteiger partial charge in [-0.25, -0.2) is 4.79 Å². The average Bonchev–Trinajstić information content (AvgIpc) is 2.83. The zero-order chi connectivity index (χ0) is 12.1. The van der Waals surface area contributed by atoms with Crippen molar-refractivity contribution in [2.45, 2.75) is 18.9 Å². The number of nitrogens with one attached hydrogen (secondary N) is 2. The summed E-state index contributed by atoms with van der Waals surface area (Å²) < 4.78 is 5.11. The van der Waals surface area contributed by atoms with Gasteiger partial charge in [-0.15, -0.1) is 0 Å². The van der Waals surface area contributed by atoms with Crippen LogP contribution >= 0.6 is 11.6 Å². The average molecular weight is 255 g/mol. The smallest absolute Gasteiger partial charge is 0.411 e. The van der Waals surface area contributed by atoms with E-state index in [9.17, 15) is 4.79 Å². The van der Waals surface area contributed by atoms with Crippen molar-refractivity contribution < 1.29 is 9.53 Å². The Morgan fingerprint density at radius 3 is 2.88 bits per heavy atom. The van der Waals surface area contributed by atoms with Crippen molar-refractivity contribution in [1.29, 1.82) is 0 Å². The lowest BCUT2D eigenvalue weighted by atomic mass is 10.2. The molecule has 1 heterocycles. The number of hydrogen-bond donors (Lipinski definition) is 2. The second-order valence-corrected chi connectivity index (χ2v) is 4.46. The number of carbonyl (C=O) groups excluding carboxylic acids is 1. The van der Waals surface area contributed by atoms with Gasteiger partial charge >= 0.3 is 6.09 Å². The minimum Gasteiger partial charge on any atom is -0.448 e. The highest BCUT2D eigenvalue weighted by Gasteiger charge is 2.15. The molecule has 1 aromatic carbocycles. The van der Waals surface area contributed by atoms with Gasteiger partial charge in [0.1, 0.15) is 6.61 Å². The first-order chi connectivity index (χ1) is 8.24. The molecule has 1 atom stereocenters. The Labute approximate surface area is 105 Å². The first-order valence-corrected chi connectivity index (χ1v) is 6.04. The number of benzene rings is 1. The highest BCUT2D eigenvalue weighted by atomic mass is 35.5. The lowest BCUT2D eigenvalue weighted by molar-refractivity contribution is 0.151. The fourth-order valence-corrected chi connectivity index (χ4v) is 1.89. The van der Waals surface area contributed by atoms with E-state index >= 15 is 0 Å². The highest BCUT2D eigenvalue weighted by Crippen LogP contribution is 2.13. The molecule has 0 saturated carbocycles. The summed E-state index contributed by atoms with van der Waals surface area (Å²) in [7, 11) is 0. The molecule has 92 valence electrons. The maximum Gasteiger partial charge on any atom is 0.411 e. The first-order valence-electron chi connectivity index (χ1n) is 5.67. The van der Waals surface area contributed by atoms with Gasteiger partial charge in [0.25, 0.3) is 0 Å². The summed E-state index contributed by atoms with van der Waals surface area (Å²) in [5.41, 5.74) is 0.679. The summed E-state index contributed by atoms with van der Waals surface area (Å²) in [5, 5.41) is 6.54. The quantitative estimate of drug-likeness (QED) is 0.872. The molecule has 1 aromatic rings. The number of hydrogen-bond acceptors (Lipinski definition) is 3. The van der Waals surface area contributed by atoms with E-state index in [1.54, 1.807) is 24.3 Å². The molecular formula is C12H15ClN2O2. The van der Waals surface area contributed by atoms with Crippen molar-refractivity contribution in [3.8, 4) is 0 Å². The van der Waals surface area contributed by atoms with Crippen LogP contribution in [0.5, 0.6) is 0 Å². The van der Waals surface area contributed by atoms with Crippen LogP contribution in [0.3, 0.4) is 0 Å². The lowest BCUT2D eigenvalue weighted by Crippen LogP contribution is -2.29. The molecule has 0 spiro atoms. The summed E-state index contributed by atoms with van der Waals surface area (Å²) in [6, 6.07) is 7.20. The maximum atomic E-state index is 11.5. The monoisotopic (exact) mass is 254 g/mol. The Bertz CT molecular complexity index is 375. The van der Waals surface area contributed by atoms with E-state index in [1.807, 2.05) is 0 Å². The van der Waals surface area contributed by atoms with E-state index in [-0.39, 0.29) is 0 Å². The van der Waals surface area contributed by atoms with Gasteiger partial charge < -0.3 is 10.1 Å². The van der Waals surface area contributed by atoms with Crippen molar-refractivity contribution in [2.24, 2.45) is 0 Å². The predicted octanol–water partition coefficient (Wildman–Crippen LogP) is 2.64. The normalized spacial score (nSPS) is 19.0. The summed E-state index contributed by atoms with van der Waals surface area (Å²) in [6.45, 7) is 1.42. The molecule has 1 aliphatic heterocycles. The molecule has 0 aromatic heterocycles. The van der Waals surface area contributed by atoms with Gasteiger partial charge in [-0.3, -0.25) is 5.32 Å². The molecule has 1 fully saturated rings. The molecule has 1 amide bonds. The molecule has 0 radical (unpaired) electrons. The van der Waals surface area contributed by atoms with Crippen LogP contribution in [0.1, 0.15) is 12.8 Å². The standard InChI is InChI=1S/C12H15ClN2O2/c13-9-3-5-10(6-4-9)15-12(16)17-8-11-2-1-7-14-11/h3-6,11,14H,1-2,7-8H2,(H,15,16). The van der Waals surface area contributed by atoms with Crippen molar-refractivity contribution in [1.82, 2.24) is 5.32 Å². The Hall–Kier alpha value is -1.26. The minimum atomic E-state index is -0.430. The zero-order valence-electron chi connectivity index (χ0n) is 9.41. The molecule has 5 heteroatoms. The first kappa shape index (κ1) is 12.2. The molecular weight excluding hydrogens is 240 g/mol. The number of anilines is 1. The van der Waals surface area contributed by atoms with E-state index in [0.717, 1.165) is 19.4 Å². The van der Waals surface area contributed by atoms with Crippen LogP contribution < -0.4 is 10.6 Å². The van der Waals surface area contributed by atoms with Gasteiger partial charge in [0.05, 0.1) is 0 Å². The number of carbonyl (C=O) groups is 1. The summed E-state index contributed by atoms with van der Waals surface area (Å²) in [4.78, 5) is 11.5. The topological polar surface area (TPSA) is 50.4 Å². The molecule has 0 aliphatic carbocycles. The Balaban J connectivity index is 1.74. The van der Waals surface area contributed by atoms with Gasteiger partial charge in [-0.1, -0.05) is 11.6 Å². The Kier molecular flexibility index (Phi) is 4.23. The van der Waals surface area contributed by atoms with E-state index in [0.29, 0.717) is 23.4 Å². The van der Waals surface area contributed by atoms with Gasteiger partial charge in [0, 0.05) is 16.8 Å². The van der Waals surface area contributed by atoms with Crippen molar-refractivity contribution >= 4 is 23.4 Å². The second kappa shape index (κ2) is 5.89. The second-order valence-electron chi connectivity index (χ2n) is 4.02.